The van der Waals surface area contributed by atoms with Gasteiger partial charge in [0, 0.05) is 46.1 Å². The van der Waals surface area contributed by atoms with Crippen molar-refractivity contribution in [3.63, 3.8) is 0 Å². The van der Waals surface area contributed by atoms with Gasteiger partial charge in [-0.05, 0) is 75.4 Å². The van der Waals surface area contributed by atoms with Gasteiger partial charge in [0.1, 0.15) is 0 Å². The van der Waals surface area contributed by atoms with Crippen LogP contribution in [-0.2, 0) is 0 Å². The van der Waals surface area contributed by atoms with E-state index in [0.29, 0.717) is 20.2 Å². The number of carbonyl (C=O) groups excluding carboxylic acids is 2. The van der Waals surface area contributed by atoms with Crippen molar-refractivity contribution in [2.24, 2.45) is 0 Å². The van der Waals surface area contributed by atoms with Crippen molar-refractivity contribution < 1.29 is 19.5 Å². The van der Waals surface area contributed by atoms with Gasteiger partial charge in [0.25, 0.3) is 0 Å². The van der Waals surface area contributed by atoms with Gasteiger partial charge in [0.15, 0.2) is 11.6 Å². The minimum Gasteiger partial charge on any atom is -0.478 e. The average Bonchev–Trinajstić information content (AvgIpc) is 3.00. The highest BCUT2D eigenvalue weighted by molar-refractivity contribution is 8.00. The van der Waals surface area contributed by atoms with Gasteiger partial charge in [0.2, 0.25) is 0 Å². The monoisotopic (exact) mass is 633 g/mol. The standard InChI is InChI=1S/C36H27NO4S3/c1-19-4-10-22(11-5-19)42-26-16-17-27(43-23-12-6-20(2)7-13-23)30-29(26)34(38)31-28(44-24-14-8-21(3)9-15-24)18-25(36(40)41)33(37)32(31)35(30)39/h4-18H,37H2,1-3H3,(H,40,41). The molecule has 6 rings (SSSR count). The molecule has 0 aromatic heterocycles. The van der Waals surface area contributed by atoms with Crippen molar-refractivity contribution in [2.75, 3.05) is 5.73 Å². The molecule has 5 nitrogen and oxygen atoms in total. The Morgan fingerprint density at radius 3 is 1.27 bits per heavy atom. The van der Waals surface area contributed by atoms with Gasteiger partial charge in [-0.1, -0.05) is 88.4 Å². The maximum atomic E-state index is 14.7. The van der Waals surface area contributed by atoms with Crippen molar-refractivity contribution in [3.8, 4) is 0 Å². The zero-order chi connectivity index (χ0) is 31.1. The van der Waals surface area contributed by atoms with Crippen LogP contribution in [0.5, 0.6) is 0 Å². The number of carboxylic acids is 1. The molecule has 1 aliphatic rings. The van der Waals surface area contributed by atoms with E-state index in [1.165, 1.54) is 41.4 Å². The number of carboxylic acid groups (broad SMARTS) is 1. The molecule has 0 bridgehead atoms. The highest BCUT2D eigenvalue weighted by atomic mass is 32.2. The highest BCUT2D eigenvalue weighted by Gasteiger charge is 2.39. The van der Waals surface area contributed by atoms with E-state index in [9.17, 15) is 19.5 Å². The molecule has 3 N–H and O–H groups in total. The number of aromatic carboxylic acids is 1. The number of nitrogen functional groups attached to an aromatic ring is 1. The van der Waals surface area contributed by atoms with E-state index in [0.717, 1.165) is 31.4 Å². The first-order valence-corrected chi connectivity index (χ1v) is 16.3. The van der Waals surface area contributed by atoms with Gasteiger partial charge in [-0.3, -0.25) is 9.59 Å². The maximum absolute atomic E-state index is 14.7. The lowest BCUT2D eigenvalue weighted by Gasteiger charge is -2.26. The summed E-state index contributed by atoms with van der Waals surface area (Å²) in [6, 6.07) is 28.7. The van der Waals surface area contributed by atoms with Gasteiger partial charge < -0.3 is 10.8 Å². The molecule has 1 aliphatic carbocycles. The third-order valence-corrected chi connectivity index (χ3v) is 10.5. The summed E-state index contributed by atoms with van der Waals surface area (Å²) in [5.74, 6) is -2.07. The maximum Gasteiger partial charge on any atom is 0.337 e. The van der Waals surface area contributed by atoms with Crippen LogP contribution in [0.25, 0.3) is 0 Å². The van der Waals surface area contributed by atoms with Crippen LogP contribution in [0.1, 0.15) is 58.9 Å². The van der Waals surface area contributed by atoms with Crippen LogP contribution in [0.4, 0.5) is 5.69 Å². The molecule has 44 heavy (non-hydrogen) atoms. The highest BCUT2D eigenvalue weighted by Crippen LogP contribution is 2.47. The molecule has 5 aromatic carbocycles. The number of rotatable bonds is 7. The Hall–Kier alpha value is -4.24. The Balaban J connectivity index is 1.57. The molecule has 0 aliphatic heterocycles. The minimum absolute atomic E-state index is 0.0553. The number of hydrogen-bond acceptors (Lipinski definition) is 7. The lowest BCUT2D eigenvalue weighted by Crippen LogP contribution is -2.26. The van der Waals surface area contributed by atoms with Crippen molar-refractivity contribution in [3.05, 3.63) is 136 Å². The van der Waals surface area contributed by atoms with Crippen LogP contribution in [0.3, 0.4) is 0 Å². The fourth-order valence-electron chi connectivity index (χ4n) is 5.03. The average molecular weight is 634 g/mol. The Morgan fingerprint density at radius 1 is 0.545 bits per heavy atom. The van der Waals surface area contributed by atoms with E-state index in [4.69, 9.17) is 5.73 Å². The van der Waals surface area contributed by atoms with Crippen LogP contribution in [0, 0.1) is 20.8 Å². The topological polar surface area (TPSA) is 97.5 Å². The number of benzene rings is 5. The number of aryl methyl sites for hydroxylation is 3. The largest absolute Gasteiger partial charge is 0.478 e. The van der Waals surface area contributed by atoms with E-state index >= 15 is 0 Å². The van der Waals surface area contributed by atoms with E-state index in [1.807, 2.05) is 106 Å². The summed E-state index contributed by atoms with van der Waals surface area (Å²) in [5.41, 5.74) is 9.92. The van der Waals surface area contributed by atoms with E-state index in [-0.39, 0.29) is 33.7 Å². The Morgan fingerprint density at radius 2 is 0.886 bits per heavy atom. The van der Waals surface area contributed by atoms with Crippen molar-refractivity contribution in [1.29, 1.82) is 0 Å². The Kier molecular flexibility index (Phi) is 8.16. The predicted octanol–water partition coefficient (Wildman–Crippen LogP) is 9.12. The summed E-state index contributed by atoms with van der Waals surface area (Å²) in [6.07, 6.45) is 0. The number of hydrogen-bond donors (Lipinski definition) is 2. The van der Waals surface area contributed by atoms with Gasteiger partial charge in [0.05, 0.1) is 16.8 Å². The number of fused-ring (bicyclic) bond motifs is 2. The molecule has 0 heterocycles. The van der Waals surface area contributed by atoms with Gasteiger partial charge >= 0.3 is 5.97 Å². The zero-order valence-electron chi connectivity index (χ0n) is 24.1. The summed E-state index contributed by atoms with van der Waals surface area (Å²) < 4.78 is 0. The van der Waals surface area contributed by atoms with Gasteiger partial charge in [-0.25, -0.2) is 4.79 Å². The number of anilines is 1. The second kappa shape index (κ2) is 12.0. The molecule has 0 fully saturated rings. The second-order valence-electron chi connectivity index (χ2n) is 10.6. The van der Waals surface area contributed by atoms with Crippen molar-refractivity contribution in [2.45, 2.75) is 50.1 Å². The molecule has 8 heteroatoms. The molecule has 0 saturated heterocycles. The summed E-state index contributed by atoms with van der Waals surface area (Å²) in [7, 11) is 0. The molecule has 0 radical (unpaired) electrons. The van der Waals surface area contributed by atoms with Crippen LogP contribution < -0.4 is 5.73 Å². The smallest absolute Gasteiger partial charge is 0.337 e. The molecule has 0 spiro atoms. The van der Waals surface area contributed by atoms with Crippen LogP contribution >= 0.6 is 35.3 Å². The molecule has 5 aromatic rings. The number of ketones is 2. The van der Waals surface area contributed by atoms with Crippen molar-refractivity contribution >= 4 is 58.5 Å². The molecular formula is C36H27NO4S3. The third-order valence-electron chi connectivity index (χ3n) is 7.35. The van der Waals surface area contributed by atoms with Gasteiger partial charge in [-0.15, -0.1) is 0 Å². The van der Waals surface area contributed by atoms with E-state index < -0.39 is 11.8 Å². The lowest BCUT2D eigenvalue weighted by atomic mass is 9.82. The van der Waals surface area contributed by atoms with Crippen LogP contribution in [0.2, 0.25) is 0 Å². The Labute approximate surface area is 268 Å². The zero-order valence-corrected chi connectivity index (χ0v) is 26.6. The summed E-state index contributed by atoms with van der Waals surface area (Å²) in [4.78, 5) is 45.8. The fourth-order valence-corrected chi connectivity index (χ4v) is 7.95. The molecule has 0 atom stereocenters. The van der Waals surface area contributed by atoms with E-state index in [1.54, 1.807) is 0 Å². The molecule has 0 unspecified atom stereocenters. The first-order chi connectivity index (χ1) is 21.1. The normalized spacial score (nSPS) is 12.2. The predicted molar refractivity (Wildman–Crippen MR) is 177 cm³/mol. The first-order valence-electron chi connectivity index (χ1n) is 13.8. The van der Waals surface area contributed by atoms with Crippen molar-refractivity contribution in [1.82, 2.24) is 0 Å². The fraction of sp³-hybridized carbons (Fsp3) is 0.0833. The molecule has 0 saturated carbocycles. The summed E-state index contributed by atoms with van der Waals surface area (Å²) >= 11 is 4.05. The minimum atomic E-state index is -1.26. The second-order valence-corrected chi connectivity index (χ2v) is 14.0. The van der Waals surface area contributed by atoms with Gasteiger partial charge in [-0.2, -0.15) is 0 Å². The SMILES string of the molecule is Cc1ccc(Sc2ccc(Sc3ccc(C)cc3)c3c2C(=O)c2c(Sc4ccc(C)cc4)cc(C(=O)O)c(N)c2C3=O)cc1. The number of carbonyl (C=O) groups is 3. The van der Waals surface area contributed by atoms with Crippen LogP contribution in [-0.4, -0.2) is 22.6 Å². The summed E-state index contributed by atoms with van der Waals surface area (Å²) in [5, 5.41) is 10.0. The number of nitrogens with two attached hydrogens (primary N) is 1. The molecule has 0 amide bonds. The first kappa shape index (κ1) is 29.8. The quantitative estimate of drug-likeness (QED) is 0.168. The third kappa shape index (κ3) is 5.68. The molecular weight excluding hydrogens is 607 g/mol. The lowest BCUT2D eigenvalue weighted by molar-refractivity contribution is 0.0697. The van der Waals surface area contributed by atoms with Crippen LogP contribution in [0.15, 0.2) is 120 Å². The van der Waals surface area contributed by atoms with E-state index in [2.05, 4.69) is 0 Å². The summed E-state index contributed by atoms with van der Waals surface area (Å²) in [6.45, 7) is 5.98. The Bertz CT molecular complexity index is 1970. The molecule has 218 valence electrons.